The van der Waals surface area contributed by atoms with E-state index in [1.165, 1.54) is 11.3 Å². The second-order valence-electron chi connectivity index (χ2n) is 8.64. The van der Waals surface area contributed by atoms with Crippen LogP contribution < -0.4 is 4.90 Å². The number of anilines is 1. The average molecular weight is 394 g/mol. The zero-order chi connectivity index (χ0) is 19.9. The molecule has 4 nitrogen and oxygen atoms in total. The number of hydrogen-bond acceptors (Lipinski definition) is 4. The Morgan fingerprint density at radius 3 is 2.04 bits per heavy atom. The van der Waals surface area contributed by atoms with E-state index in [2.05, 4.69) is 29.2 Å². The van der Waals surface area contributed by atoms with Crippen molar-refractivity contribution in [3.8, 4) is 0 Å². The molecule has 5 heteroatoms. The van der Waals surface area contributed by atoms with Crippen LogP contribution in [0.1, 0.15) is 71.3 Å². The summed E-state index contributed by atoms with van der Waals surface area (Å²) in [4.78, 5) is 13.6. The first-order valence-corrected chi connectivity index (χ1v) is 11.9. The number of carbonyl (C=O) groups excluding carboxylic acids is 1. The van der Waals surface area contributed by atoms with Gasteiger partial charge in [-0.15, -0.1) is 0 Å². The van der Waals surface area contributed by atoms with E-state index in [1.807, 2.05) is 0 Å². The molecule has 2 rings (SSSR count). The first-order chi connectivity index (χ1) is 12.7. The zero-order valence-electron chi connectivity index (χ0n) is 17.2. The second-order valence-corrected chi connectivity index (χ2v) is 11.5. The summed E-state index contributed by atoms with van der Waals surface area (Å²) in [5.41, 5.74) is 2.56. The van der Waals surface area contributed by atoms with E-state index in [9.17, 15) is 13.2 Å². The van der Waals surface area contributed by atoms with E-state index in [0.717, 1.165) is 51.6 Å². The highest BCUT2D eigenvalue weighted by Gasteiger charge is 2.27. The maximum absolute atomic E-state index is 12.1. The molecule has 1 aliphatic rings. The third kappa shape index (κ3) is 6.95. The molecule has 27 heavy (non-hydrogen) atoms. The lowest BCUT2D eigenvalue weighted by Gasteiger charge is -2.28. The monoisotopic (exact) mass is 393 g/mol. The minimum Gasteiger partial charge on any atom is -0.371 e. The largest absolute Gasteiger partial charge is 0.371 e. The molecule has 0 aliphatic carbocycles. The summed E-state index contributed by atoms with van der Waals surface area (Å²) in [6.45, 7) is 7.00. The summed E-state index contributed by atoms with van der Waals surface area (Å²) in [5, 5.41) is 0. The maximum atomic E-state index is 12.1. The van der Waals surface area contributed by atoms with Crippen LogP contribution in [0, 0.1) is 0 Å². The minimum absolute atomic E-state index is 0.306. The van der Waals surface area contributed by atoms with Crippen molar-refractivity contribution in [3.63, 3.8) is 0 Å². The average Bonchev–Trinajstić information content (AvgIpc) is 2.61. The van der Waals surface area contributed by atoms with Crippen LogP contribution in [0.15, 0.2) is 24.3 Å². The number of ketones is 1. The van der Waals surface area contributed by atoms with E-state index in [-0.39, 0.29) is 0 Å². The molecule has 1 fully saturated rings. The third-order valence-electron chi connectivity index (χ3n) is 5.43. The Morgan fingerprint density at radius 2 is 1.44 bits per heavy atom. The third-order valence-corrected chi connectivity index (χ3v) is 8.13. The summed E-state index contributed by atoms with van der Waals surface area (Å²) < 4.78 is 23.5. The molecule has 0 atom stereocenters. The number of sulfone groups is 1. The quantitative estimate of drug-likeness (QED) is 0.577. The lowest BCUT2D eigenvalue weighted by Crippen LogP contribution is -2.33. The van der Waals surface area contributed by atoms with Crippen molar-refractivity contribution < 1.29 is 13.2 Å². The van der Waals surface area contributed by atoms with Gasteiger partial charge >= 0.3 is 0 Å². The number of unbranched alkanes of at least 4 members (excludes halogenated alkanes) is 4. The van der Waals surface area contributed by atoms with Gasteiger partial charge in [-0.3, -0.25) is 4.79 Å². The fourth-order valence-corrected chi connectivity index (χ4v) is 4.54. The predicted molar refractivity (Wildman–Crippen MR) is 113 cm³/mol. The van der Waals surface area contributed by atoms with Gasteiger partial charge < -0.3 is 4.90 Å². The zero-order valence-corrected chi connectivity index (χ0v) is 18.0. The van der Waals surface area contributed by atoms with Gasteiger partial charge in [-0.05, 0) is 57.7 Å². The van der Waals surface area contributed by atoms with Crippen molar-refractivity contribution in [2.24, 2.45) is 0 Å². The molecule has 1 aromatic carbocycles. The van der Waals surface area contributed by atoms with Crippen molar-refractivity contribution in [2.75, 3.05) is 23.7 Å². The molecule has 1 saturated heterocycles. The molecular formula is C22H35NO3S. The fourth-order valence-electron chi connectivity index (χ4n) is 3.35. The molecule has 0 radical (unpaired) electrons. The van der Waals surface area contributed by atoms with Crippen LogP contribution in [0.3, 0.4) is 0 Å². The Labute approximate surface area is 165 Å². The van der Waals surface area contributed by atoms with Crippen molar-refractivity contribution >= 4 is 21.3 Å². The highest BCUT2D eigenvalue weighted by atomic mass is 32.2. The summed E-state index contributed by atoms with van der Waals surface area (Å²) in [5.74, 6) is 0.680. The normalized spacial score (nSPS) is 16.0. The van der Waals surface area contributed by atoms with Crippen LogP contribution in [0.2, 0.25) is 0 Å². The number of benzene rings is 1. The molecule has 0 N–H and O–H groups in total. The molecule has 1 heterocycles. The van der Waals surface area contributed by atoms with Gasteiger partial charge in [-0.25, -0.2) is 8.42 Å². The van der Waals surface area contributed by atoms with Crippen LogP contribution in [0.5, 0.6) is 0 Å². The fraction of sp³-hybridized carbons (Fsp3) is 0.682. The van der Waals surface area contributed by atoms with Crippen molar-refractivity contribution in [1.29, 1.82) is 0 Å². The molecule has 0 amide bonds. The van der Waals surface area contributed by atoms with Crippen LogP contribution in [0.25, 0.3) is 0 Å². The molecule has 0 aromatic heterocycles. The first-order valence-electron chi connectivity index (χ1n) is 10.3. The van der Waals surface area contributed by atoms with Gasteiger partial charge in [-0.1, -0.05) is 31.4 Å². The van der Waals surface area contributed by atoms with Gasteiger partial charge in [0.05, 0.1) is 10.5 Å². The molecular weight excluding hydrogens is 358 g/mol. The number of piperidine rings is 1. The highest BCUT2D eigenvalue weighted by molar-refractivity contribution is 7.92. The molecule has 0 spiro atoms. The Kier molecular flexibility index (Phi) is 7.90. The SMILES string of the molecule is CC(C)(C)S(=O)(=O)CCCCCCCc1ccc(N2CCC(=O)CC2)cc1. The van der Waals surface area contributed by atoms with Gasteiger partial charge in [0.2, 0.25) is 0 Å². The van der Waals surface area contributed by atoms with E-state index < -0.39 is 14.6 Å². The maximum Gasteiger partial charge on any atom is 0.155 e. The topological polar surface area (TPSA) is 54.5 Å². The number of nitrogens with zero attached hydrogens (tertiary/aromatic N) is 1. The molecule has 0 saturated carbocycles. The standard InChI is InChI=1S/C22H35NO3S/c1-22(2,3)27(25,26)18-8-6-4-5-7-9-19-10-12-20(13-11-19)23-16-14-21(24)15-17-23/h10-13H,4-9,14-18H2,1-3H3. The Morgan fingerprint density at radius 1 is 0.889 bits per heavy atom. The summed E-state index contributed by atoms with van der Waals surface area (Å²) in [6, 6.07) is 8.73. The number of rotatable bonds is 9. The molecule has 1 aromatic rings. The van der Waals surface area contributed by atoms with E-state index in [0.29, 0.717) is 24.4 Å². The molecule has 1 aliphatic heterocycles. The van der Waals surface area contributed by atoms with Crippen molar-refractivity contribution in [2.45, 2.75) is 76.9 Å². The Bertz CT molecular complexity index is 692. The van der Waals surface area contributed by atoms with Crippen LogP contribution in [-0.2, 0) is 21.1 Å². The van der Waals surface area contributed by atoms with Crippen molar-refractivity contribution in [1.82, 2.24) is 0 Å². The summed E-state index contributed by atoms with van der Waals surface area (Å²) in [6.07, 6.45) is 7.54. The second kappa shape index (κ2) is 9.72. The molecule has 0 bridgehead atoms. The van der Waals surface area contributed by atoms with Gasteiger partial charge in [-0.2, -0.15) is 0 Å². The van der Waals surface area contributed by atoms with Crippen LogP contribution in [-0.4, -0.2) is 37.8 Å². The van der Waals surface area contributed by atoms with E-state index in [4.69, 9.17) is 0 Å². The molecule has 0 unspecified atom stereocenters. The minimum atomic E-state index is -2.97. The lowest BCUT2D eigenvalue weighted by atomic mass is 10.0. The smallest absolute Gasteiger partial charge is 0.155 e. The number of hydrogen-bond donors (Lipinski definition) is 0. The number of aryl methyl sites for hydroxylation is 1. The highest BCUT2D eigenvalue weighted by Crippen LogP contribution is 2.21. The number of Topliss-reactive ketones (excluding diaryl/α,β-unsaturated/α-hetero) is 1. The summed E-state index contributed by atoms with van der Waals surface area (Å²) in [7, 11) is -2.97. The first kappa shape index (κ1) is 21.9. The molecule has 152 valence electrons. The number of carbonyl (C=O) groups is 1. The van der Waals surface area contributed by atoms with E-state index >= 15 is 0 Å². The Hall–Kier alpha value is -1.36. The Balaban J connectivity index is 1.61. The summed E-state index contributed by atoms with van der Waals surface area (Å²) >= 11 is 0. The van der Waals surface area contributed by atoms with Crippen LogP contribution >= 0.6 is 0 Å². The van der Waals surface area contributed by atoms with Crippen molar-refractivity contribution in [3.05, 3.63) is 29.8 Å². The van der Waals surface area contributed by atoms with Gasteiger partial charge in [0.15, 0.2) is 9.84 Å². The van der Waals surface area contributed by atoms with Gasteiger partial charge in [0.1, 0.15) is 5.78 Å². The lowest BCUT2D eigenvalue weighted by molar-refractivity contribution is -0.119. The van der Waals surface area contributed by atoms with Gasteiger partial charge in [0, 0.05) is 31.6 Å². The van der Waals surface area contributed by atoms with E-state index in [1.54, 1.807) is 20.8 Å². The predicted octanol–water partition coefficient (Wildman–Crippen LogP) is 4.56. The van der Waals surface area contributed by atoms with Gasteiger partial charge in [0.25, 0.3) is 0 Å². The van der Waals surface area contributed by atoms with Crippen LogP contribution in [0.4, 0.5) is 5.69 Å².